The van der Waals surface area contributed by atoms with Gasteiger partial charge in [-0.15, -0.1) is 0 Å². The standard InChI is InChI=1S/C36H44N4O6/c41-32(39-30(33(42)43)12-6-7-13-37-35(45)46-22-23-8-2-1-3-9-23)31(17-27-21-38-29-11-5-4-10-28(27)29)40-34(44)36-18-24-14-25(19-36)16-26(15-24)20-36/h1-5,8-11,21,24-26,30-31,38H,6-7,12-20,22H2,(H,37,45)(H,39,41)(H,40,44)(H,42,43)/p-1/t24?,25?,26?,30-,31+,36?/m0/s1. The van der Waals surface area contributed by atoms with E-state index in [-0.39, 0.29) is 25.4 Å². The third-order valence-corrected chi connectivity index (χ3v) is 10.2. The fourth-order valence-electron chi connectivity index (χ4n) is 8.39. The molecule has 4 aliphatic carbocycles. The fourth-order valence-corrected chi connectivity index (χ4v) is 8.39. The van der Waals surface area contributed by atoms with Crippen LogP contribution in [0.25, 0.3) is 10.9 Å². The second-order valence-corrected chi connectivity index (χ2v) is 13.7. The number of aromatic amines is 1. The maximum Gasteiger partial charge on any atom is 0.407 e. The van der Waals surface area contributed by atoms with Crippen molar-refractivity contribution < 1.29 is 29.0 Å². The van der Waals surface area contributed by atoms with Gasteiger partial charge in [0, 0.05) is 35.5 Å². The van der Waals surface area contributed by atoms with Gasteiger partial charge >= 0.3 is 6.09 Å². The second kappa shape index (κ2) is 14.0. The Balaban J connectivity index is 1.06. The molecule has 0 spiro atoms. The average Bonchev–Trinajstić information content (AvgIpc) is 3.45. The molecule has 7 rings (SSSR count). The molecule has 4 bridgehead atoms. The number of hydrogen-bond acceptors (Lipinski definition) is 6. The zero-order valence-corrected chi connectivity index (χ0v) is 26.1. The van der Waals surface area contributed by atoms with E-state index in [4.69, 9.17) is 4.74 Å². The van der Waals surface area contributed by atoms with Crippen molar-refractivity contribution in [2.24, 2.45) is 23.2 Å². The number of carboxylic acid groups (broad SMARTS) is 1. The number of hydrogen-bond donors (Lipinski definition) is 4. The van der Waals surface area contributed by atoms with Gasteiger partial charge in [0.1, 0.15) is 12.6 Å². The van der Waals surface area contributed by atoms with E-state index >= 15 is 0 Å². The van der Waals surface area contributed by atoms with Crippen LogP contribution in [0.3, 0.4) is 0 Å². The smallest absolute Gasteiger partial charge is 0.407 e. The van der Waals surface area contributed by atoms with E-state index in [0.717, 1.165) is 41.3 Å². The van der Waals surface area contributed by atoms with Gasteiger partial charge in [0.05, 0.1) is 12.0 Å². The number of unbranched alkanes of at least 4 members (excludes halogenated alkanes) is 1. The minimum atomic E-state index is -1.39. The van der Waals surface area contributed by atoms with Gasteiger partial charge in [0.15, 0.2) is 0 Å². The highest BCUT2D eigenvalue weighted by Gasteiger charge is 2.55. The number of ether oxygens (including phenoxy) is 1. The Morgan fingerprint density at radius 3 is 2.24 bits per heavy atom. The molecule has 3 aromatic rings. The summed E-state index contributed by atoms with van der Waals surface area (Å²) in [5.41, 5.74) is 2.23. The zero-order chi connectivity index (χ0) is 32.1. The number of H-pyrrole nitrogens is 1. The Hall–Kier alpha value is -4.34. The summed E-state index contributed by atoms with van der Waals surface area (Å²) in [7, 11) is 0. The molecule has 2 aromatic carbocycles. The molecular formula is C36H43N4O6-. The van der Waals surface area contributed by atoms with Gasteiger partial charge in [-0.3, -0.25) is 9.59 Å². The van der Waals surface area contributed by atoms with Crippen LogP contribution in [0.5, 0.6) is 0 Å². The maximum atomic E-state index is 14.0. The minimum Gasteiger partial charge on any atom is -0.548 e. The van der Waals surface area contributed by atoms with E-state index in [1.807, 2.05) is 60.8 Å². The summed E-state index contributed by atoms with van der Waals surface area (Å²) in [5, 5.41) is 21.5. The number of benzene rings is 2. The number of aromatic nitrogens is 1. The van der Waals surface area contributed by atoms with E-state index in [1.54, 1.807) is 0 Å². The van der Waals surface area contributed by atoms with Crippen LogP contribution < -0.4 is 21.1 Å². The number of para-hydroxylation sites is 1. The van der Waals surface area contributed by atoms with Gasteiger partial charge in [-0.1, -0.05) is 48.5 Å². The van der Waals surface area contributed by atoms with Crippen LogP contribution in [0.4, 0.5) is 4.79 Å². The topological polar surface area (TPSA) is 152 Å². The van der Waals surface area contributed by atoms with Crippen molar-refractivity contribution in [1.29, 1.82) is 0 Å². The predicted octanol–water partition coefficient (Wildman–Crippen LogP) is 3.74. The number of fused-ring (bicyclic) bond motifs is 1. The lowest BCUT2D eigenvalue weighted by atomic mass is 9.49. The van der Waals surface area contributed by atoms with Crippen LogP contribution in [0, 0.1) is 23.2 Å². The van der Waals surface area contributed by atoms with Gasteiger partial charge in [-0.2, -0.15) is 0 Å². The van der Waals surface area contributed by atoms with Gasteiger partial charge in [-0.25, -0.2) is 4.79 Å². The van der Waals surface area contributed by atoms with Gasteiger partial charge < -0.3 is 35.6 Å². The van der Waals surface area contributed by atoms with Crippen LogP contribution in [0.15, 0.2) is 60.8 Å². The molecule has 244 valence electrons. The first-order valence-corrected chi connectivity index (χ1v) is 16.6. The summed E-state index contributed by atoms with van der Waals surface area (Å²) >= 11 is 0. The molecule has 0 saturated heterocycles. The fraction of sp³-hybridized carbons (Fsp3) is 0.500. The monoisotopic (exact) mass is 627 g/mol. The number of amides is 3. The number of carbonyl (C=O) groups is 4. The largest absolute Gasteiger partial charge is 0.548 e. The molecule has 4 fully saturated rings. The van der Waals surface area contributed by atoms with Crippen molar-refractivity contribution in [1.82, 2.24) is 20.9 Å². The van der Waals surface area contributed by atoms with Crippen LogP contribution in [0.2, 0.25) is 0 Å². The third-order valence-electron chi connectivity index (χ3n) is 10.2. The Morgan fingerprint density at radius 2 is 1.54 bits per heavy atom. The number of nitrogens with one attached hydrogen (secondary N) is 4. The molecule has 1 aromatic heterocycles. The maximum absolute atomic E-state index is 14.0. The SMILES string of the molecule is O=C(NCCCC[C@H](NC(=O)[C@@H](Cc1c[nH]c2ccccc12)NC(=O)C12CC3CC(CC(C3)C1)C2)C(=O)[O-])OCc1ccccc1. The lowest BCUT2D eigenvalue weighted by molar-refractivity contribution is -0.308. The summed E-state index contributed by atoms with van der Waals surface area (Å²) in [6.07, 6.45) is 8.73. The molecule has 4 aliphatic rings. The third kappa shape index (κ3) is 7.37. The van der Waals surface area contributed by atoms with E-state index in [1.165, 1.54) is 19.3 Å². The molecule has 46 heavy (non-hydrogen) atoms. The quantitative estimate of drug-likeness (QED) is 0.200. The predicted molar refractivity (Wildman–Crippen MR) is 170 cm³/mol. The Kier molecular flexibility index (Phi) is 9.61. The first-order valence-electron chi connectivity index (χ1n) is 16.6. The first-order chi connectivity index (χ1) is 22.3. The molecule has 10 nitrogen and oxygen atoms in total. The van der Waals surface area contributed by atoms with Crippen molar-refractivity contribution in [2.45, 2.75) is 82.9 Å². The highest BCUT2D eigenvalue weighted by molar-refractivity contribution is 5.93. The Bertz CT molecular complexity index is 1520. The van der Waals surface area contributed by atoms with Gasteiger partial charge in [0.25, 0.3) is 0 Å². The lowest BCUT2D eigenvalue weighted by Crippen LogP contribution is -2.59. The normalized spacial score (nSPS) is 24.2. The van der Waals surface area contributed by atoms with Crippen molar-refractivity contribution in [3.63, 3.8) is 0 Å². The first kappa shape index (κ1) is 31.6. The molecule has 4 saturated carbocycles. The number of aliphatic carboxylic acids is 1. The molecule has 10 heteroatoms. The second-order valence-electron chi connectivity index (χ2n) is 13.7. The lowest BCUT2D eigenvalue weighted by Gasteiger charge is -2.55. The average molecular weight is 628 g/mol. The van der Waals surface area contributed by atoms with E-state index in [0.29, 0.717) is 37.1 Å². The van der Waals surface area contributed by atoms with E-state index < -0.39 is 35.5 Å². The molecule has 0 unspecified atom stereocenters. The van der Waals surface area contributed by atoms with Gasteiger partial charge in [0.2, 0.25) is 11.8 Å². The Morgan fingerprint density at radius 1 is 0.870 bits per heavy atom. The van der Waals surface area contributed by atoms with Crippen LogP contribution in [0.1, 0.15) is 68.9 Å². The highest BCUT2D eigenvalue weighted by atomic mass is 16.5. The number of alkyl carbamates (subject to hydrolysis) is 1. The van der Waals surface area contributed by atoms with Crippen molar-refractivity contribution in [3.8, 4) is 0 Å². The van der Waals surface area contributed by atoms with Gasteiger partial charge in [-0.05, 0) is 92.7 Å². The number of carbonyl (C=O) groups excluding carboxylic acids is 4. The highest BCUT2D eigenvalue weighted by Crippen LogP contribution is 2.60. The minimum absolute atomic E-state index is 0.0817. The molecule has 2 atom stereocenters. The van der Waals surface area contributed by atoms with E-state index in [9.17, 15) is 24.3 Å². The van der Waals surface area contributed by atoms with Crippen LogP contribution >= 0.6 is 0 Å². The zero-order valence-electron chi connectivity index (χ0n) is 26.1. The summed E-state index contributed by atoms with van der Waals surface area (Å²) < 4.78 is 5.20. The van der Waals surface area contributed by atoms with Crippen LogP contribution in [-0.4, -0.2) is 47.5 Å². The number of carboxylic acids is 1. The molecule has 4 N–H and O–H groups in total. The number of rotatable bonds is 14. The summed E-state index contributed by atoms with van der Waals surface area (Å²) in [6, 6.07) is 14.9. The van der Waals surface area contributed by atoms with Crippen molar-refractivity contribution in [3.05, 3.63) is 71.9 Å². The summed E-state index contributed by atoms with van der Waals surface area (Å²) in [6.45, 7) is 0.455. The van der Waals surface area contributed by atoms with Crippen molar-refractivity contribution in [2.75, 3.05) is 6.54 Å². The summed E-state index contributed by atoms with van der Waals surface area (Å²) in [4.78, 5) is 55.1. The Labute approximate surface area is 269 Å². The molecular weight excluding hydrogens is 584 g/mol. The van der Waals surface area contributed by atoms with Crippen molar-refractivity contribution >= 4 is 34.8 Å². The van der Waals surface area contributed by atoms with E-state index in [2.05, 4.69) is 20.9 Å². The molecule has 0 radical (unpaired) electrons. The molecule has 3 amide bonds. The van der Waals surface area contributed by atoms with Crippen LogP contribution in [-0.2, 0) is 32.1 Å². The molecule has 1 heterocycles. The molecule has 0 aliphatic heterocycles. The summed E-state index contributed by atoms with van der Waals surface area (Å²) in [5.74, 6) is -0.300.